The Morgan fingerprint density at radius 2 is 1.11 bits per heavy atom. The van der Waals surface area contributed by atoms with Crippen LogP contribution in [0, 0.1) is 17.5 Å². The van der Waals surface area contributed by atoms with E-state index >= 15 is 0 Å². The summed E-state index contributed by atoms with van der Waals surface area (Å²) in [6, 6.07) is 3.58. The average molecular weight is 504 g/mol. The Bertz CT molecular complexity index is 1540. The molecule has 0 fully saturated rings. The van der Waals surface area contributed by atoms with Crippen molar-refractivity contribution in [1.82, 2.24) is 9.13 Å². The largest absolute Gasteiger partial charge is 0.505 e. The van der Waals surface area contributed by atoms with Crippen molar-refractivity contribution >= 4 is 33.7 Å². The van der Waals surface area contributed by atoms with Crippen molar-refractivity contribution in [3.05, 3.63) is 85.7 Å². The third-order valence-corrected chi connectivity index (χ3v) is 5.41. The maximum atomic E-state index is 13.3. The number of hydrogen-bond acceptors (Lipinski definition) is 5. The highest BCUT2D eigenvalue weighted by Gasteiger charge is 2.17. The summed E-state index contributed by atoms with van der Waals surface area (Å²) in [5, 5.41) is 26.9. The van der Waals surface area contributed by atoms with Gasteiger partial charge in [0.15, 0.2) is 23.2 Å². The van der Waals surface area contributed by atoms with E-state index in [9.17, 15) is 37.5 Å². The highest BCUT2D eigenvalue weighted by atomic mass is 19.2. The first-order valence-electron chi connectivity index (χ1n) is 10.5. The number of aromatic carboxylic acids is 2. The van der Waals surface area contributed by atoms with Gasteiger partial charge in [-0.25, -0.2) is 22.8 Å². The molecule has 0 spiro atoms. The van der Waals surface area contributed by atoms with E-state index in [2.05, 4.69) is 0 Å². The summed E-state index contributed by atoms with van der Waals surface area (Å²) in [7, 11) is 0. The van der Waals surface area contributed by atoms with Gasteiger partial charge in [-0.2, -0.15) is 0 Å². The Kier molecular flexibility index (Phi) is 7.18. The molecule has 188 valence electrons. The molecule has 2 aromatic carbocycles. The van der Waals surface area contributed by atoms with E-state index in [1.54, 1.807) is 13.8 Å². The van der Waals surface area contributed by atoms with Gasteiger partial charge in [-0.3, -0.25) is 9.59 Å². The zero-order valence-electron chi connectivity index (χ0n) is 18.9. The van der Waals surface area contributed by atoms with Crippen molar-refractivity contribution in [2.75, 3.05) is 0 Å². The van der Waals surface area contributed by atoms with Crippen LogP contribution in [-0.2, 0) is 13.1 Å². The lowest BCUT2D eigenvalue weighted by Crippen LogP contribution is -2.19. The number of carboxylic acids is 2. The molecule has 2 aromatic heterocycles. The van der Waals surface area contributed by atoms with E-state index in [0.29, 0.717) is 18.6 Å². The Balaban J connectivity index is 0.000000201. The van der Waals surface area contributed by atoms with Crippen LogP contribution in [0.2, 0.25) is 0 Å². The van der Waals surface area contributed by atoms with Crippen LogP contribution in [0.1, 0.15) is 34.6 Å². The number of aromatic hydroxyl groups is 1. The summed E-state index contributed by atoms with van der Waals surface area (Å²) >= 11 is 0. The summed E-state index contributed by atoms with van der Waals surface area (Å²) in [5.74, 6) is -6.54. The van der Waals surface area contributed by atoms with Gasteiger partial charge in [0.2, 0.25) is 10.9 Å². The first-order valence-corrected chi connectivity index (χ1v) is 10.5. The Morgan fingerprint density at radius 3 is 1.53 bits per heavy atom. The lowest BCUT2D eigenvalue weighted by molar-refractivity contribution is 0.0684. The lowest BCUT2D eigenvalue weighted by atomic mass is 10.1. The van der Waals surface area contributed by atoms with E-state index in [0.717, 1.165) is 30.5 Å². The summed E-state index contributed by atoms with van der Waals surface area (Å²) in [6.45, 7) is 4.18. The first kappa shape index (κ1) is 26.0. The minimum absolute atomic E-state index is 0.0629. The van der Waals surface area contributed by atoms with Crippen LogP contribution < -0.4 is 10.9 Å². The van der Waals surface area contributed by atoms with Gasteiger partial charge in [0.05, 0.1) is 11.0 Å². The fraction of sp³-hybridized carbons (Fsp3) is 0.167. The normalized spacial score (nSPS) is 10.8. The summed E-state index contributed by atoms with van der Waals surface area (Å²) < 4.78 is 42.4. The average Bonchev–Trinajstić information content (AvgIpc) is 2.82. The standard InChI is InChI=1S/C12H9F2NO3.C12H10FNO4/c1-2-15-5-7(12(17)18)11(16)6-3-8(13)9(14)4-10(6)15;1-2-14-5-7(12(17)18)11(16)6-3-8(13)10(15)4-9(6)14/h3-5H,2H2,1H3,(H,17,18);3-5,15H,2H2,1H3,(H,17,18). The van der Waals surface area contributed by atoms with Crippen molar-refractivity contribution in [2.24, 2.45) is 0 Å². The van der Waals surface area contributed by atoms with E-state index in [-0.39, 0.29) is 16.3 Å². The summed E-state index contributed by atoms with van der Waals surface area (Å²) in [5.41, 5.74) is -2.00. The van der Waals surface area contributed by atoms with Crippen LogP contribution in [0.3, 0.4) is 0 Å². The van der Waals surface area contributed by atoms with Gasteiger partial charge in [0.25, 0.3) is 0 Å². The van der Waals surface area contributed by atoms with Crippen LogP contribution in [0.4, 0.5) is 13.2 Å². The van der Waals surface area contributed by atoms with Crippen LogP contribution in [0.5, 0.6) is 5.75 Å². The molecule has 0 saturated carbocycles. The number of phenols is 1. The zero-order valence-corrected chi connectivity index (χ0v) is 18.9. The van der Waals surface area contributed by atoms with Crippen molar-refractivity contribution < 1.29 is 38.1 Å². The number of aromatic nitrogens is 2. The molecule has 3 N–H and O–H groups in total. The molecule has 0 atom stereocenters. The number of fused-ring (bicyclic) bond motifs is 2. The molecule has 0 radical (unpaired) electrons. The molecule has 0 aliphatic rings. The molecule has 2 heterocycles. The third-order valence-electron chi connectivity index (χ3n) is 5.41. The fourth-order valence-electron chi connectivity index (χ4n) is 3.61. The molecule has 0 aliphatic heterocycles. The van der Waals surface area contributed by atoms with E-state index in [4.69, 9.17) is 10.2 Å². The Hall–Kier alpha value is -4.61. The monoisotopic (exact) mass is 504 g/mol. The summed E-state index contributed by atoms with van der Waals surface area (Å²) in [4.78, 5) is 45.5. The molecular formula is C24H19F3N2O7. The molecule has 0 saturated heterocycles. The number of hydrogen-bond donors (Lipinski definition) is 3. The van der Waals surface area contributed by atoms with Crippen LogP contribution >= 0.6 is 0 Å². The lowest BCUT2D eigenvalue weighted by Gasteiger charge is -2.10. The number of halogens is 3. The van der Waals surface area contributed by atoms with Gasteiger partial charge in [-0.15, -0.1) is 0 Å². The maximum absolute atomic E-state index is 13.3. The molecule has 0 amide bonds. The number of carbonyl (C=O) groups is 2. The molecule has 0 aliphatic carbocycles. The Morgan fingerprint density at radius 1 is 0.722 bits per heavy atom. The summed E-state index contributed by atoms with van der Waals surface area (Å²) in [6.07, 6.45) is 2.31. The second-order valence-corrected chi connectivity index (χ2v) is 7.53. The number of nitrogens with zero attached hydrogens (tertiary/aromatic N) is 2. The highest BCUT2D eigenvalue weighted by molar-refractivity contribution is 5.93. The van der Waals surface area contributed by atoms with Crippen molar-refractivity contribution in [1.29, 1.82) is 0 Å². The first-order chi connectivity index (χ1) is 16.9. The molecule has 36 heavy (non-hydrogen) atoms. The predicted octanol–water partition coefficient (Wildman–Crippen LogP) is 3.56. The predicted molar refractivity (Wildman–Crippen MR) is 123 cm³/mol. The highest BCUT2D eigenvalue weighted by Crippen LogP contribution is 2.22. The fourth-order valence-corrected chi connectivity index (χ4v) is 3.61. The second kappa shape index (κ2) is 9.94. The number of carboxylic acid groups (broad SMARTS) is 2. The quantitative estimate of drug-likeness (QED) is 0.386. The van der Waals surface area contributed by atoms with E-state index in [1.165, 1.54) is 15.3 Å². The minimum atomic E-state index is -1.39. The van der Waals surface area contributed by atoms with Crippen LogP contribution in [0.25, 0.3) is 21.8 Å². The number of pyridine rings is 2. The van der Waals surface area contributed by atoms with Crippen molar-refractivity contribution in [3.63, 3.8) is 0 Å². The molecule has 4 aromatic rings. The van der Waals surface area contributed by atoms with Gasteiger partial charge in [0, 0.05) is 48.4 Å². The smallest absolute Gasteiger partial charge is 0.341 e. The van der Waals surface area contributed by atoms with Gasteiger partial charge in [-0.05, 0) is 26.0 Å². The molecule has 9 nitrogen and oxygen atoms in total. The molecule has 0 bridgehead atoms. The van der Waals surface area contributed by atoms with Gasteiger partial charge in [-0.1, -0.05) is 0 Å². The molecule has 0 unspecified atom stereocenters. The van der Waals surface area contributed by atoms with Gasteiger partial charge in [0.1, 0.15) is 11.1 Å². The molecule has 4 rings (SSSR count). The van der Waals surface area contributed by atoms with Crippen LogP contribution in [0.15, 0.2) is 46.2 Å². The van der Waals surface area contributed by atoms with Crippen molar-refractivity contribution in [3.8, 4) is 5.75 Å². The van der Waals surface area contributed by atoms with Gasteiger partial charge < -0.3 is 24.5 Å². The molecule has 12 heteroatoms. The van der Waals surface area contributed by atoms with Gasteiger partial charge >= 0.3 is 11.9 Å². The zero-order chi connectivity index (χ0) is 26.9. The maximum Gasteiger partial charge on any atom is 0.341 e. The van der Waals surface area contributed by atoms with Crippen molar-refractivity contribution in [2.45, 2.75) is 26.9 Å². The molecular weight excluding hydrogens is 485 g/mol. The number of aryl methyl sites for hydroxylation is 2. The third kappa shape index (κ3) is 4.65. The second-order valence-electron chi connectivity index (χ2n) is 7.53. The minimum Gasteiger partial charge on any atom is -0.505 e. The number of benzene rings is 2. The SMILES string of the molecule is CCn1cc(C(=O)O)c(=O)c2cc(F)c(F)cc21.CCn1cc(C(=O)O)c(=O)c2cc(F)c(O)cc21. The van der Waals surface area contributed by atoms with Crippen LogP contribution in [-0.4, -0.2) is 36.4 Å². The number of rotatable bonds is 4. The van der Waals surface area contributed by atoms with E-state index < -0.39 is 57.1 Å². The topological polar surface area (TPSA) is 139 Å². The number of phenolic OH excluding ortho intramolecular Hbond substituents is 1. The Labute approximate surface area is 199 Å². The van der Waals surface area contributed by atoms with E-state index in [1.807, 2.05) is 0 Å².